The van der Waals surface area contributed by atoms with Crippen molar-refractivity contribution in [3.63, 3.8) is 0 Å². The van der Waals surface area contributed by atoms with Gasteiger partial charge in [-0.25, -0.2) is 4.39 Å². The van der Waals surface area contributed by atoms with Crippen LogP contribution in [-0.2, 0) is 0 Å². The van der Waals surface area contributed by atoms with Gasteiger partial charge in [-0.05, 0) is 66.6 Å². The molecule has 0 aromatic heterocycles. The van der Waals surface area contributed by atoms with Crippen molar-refractivity contribution in [2.45, 2.75) is 13.3 Å². The Morgan fingerprint density at radius 2 is 2.00 bits per heavy atom. The van der Waals surface area contributed by atoms with Crippen molar-refractivity contribution in [1.82, 2.24) is 4.90 Å². The fourth-order valence-corrected chi connectivity index (χ4v) is 3.68. The molecule has 4 heteroatoms. The van der Waals surface area contributed by atoms with Crippen LogP contribution in [-0.4, -0.2) is 24.5 Å². The summed E-state index contributed by atoms with van der Waals surface area (Å²) < 4.78 is 14.0. The second-order valence-corrected chi connectivity index (χ2v) is 6.91. The first-order valence-electron chi connectivity index (χ1n) is 8.64. The fourth-order valence-electron chi connectivity index (χ4n) is 3.50. The number of hydrogen-bond donors (Lipinski definition) is 1. The molecule has 0 amide bonds. The van der Waals surface area contributed by atoms with Gasteiger partial charge in [0.2, 0.25) is 0 Å². The highest BCUT2D eigenvalue weighted by atomic mass is 35.5. The highest BCUT2D eigenvalue weighted by molar-refractivity contribution is 6.31. The molecule has 0 unspecified atom stereocenters. The summed E-state index contributed by atoms with van der Waals surface area (Å²) in [6.45, 7) is 5.19. The molecule has 0 fully saturated rings. The van der Waals surface area contributed by atoms with Crippen molar-refractivity contribution in [3.8, 4) is 0 Å². The summed E-state index contributed by atoms with van der Waals surface area (Å²) in [5.41, 5.74) is 6.19. The van der Waals surface area contributed by atoms with Gasteiger partial charge >= 0.3 is 0 Å². The molecule has 2 heterocycles. The molecule has 25 heavy (non-hydrogen) atoms. The smallest absolute Gasteiger partial charge is 0.123 e. The zero-order valence-corrected chi connectivity index (χ0v) is 14.9. The lowest BCUT2D eigenvalue weighted by Gasteiger charge is -2.26. The first kappa shape index (κ1) is 16.4. The number of anilines is 2. The van der Waals surface area contributed by atoms with Gasteiger partial charge in [0.05, 0.1) is 0 Å². The van der Waals surface area contributed by atoms with Gasteiger partial charge in [-0.2, -0.15) is 0 Å². The molecule has 0 spiro atoms. The average Bonchev–Trinajstić information content (AvgIpc) is 2.78. The molecule has 2 nitrogen and oxygen atoms in total. The molecule has 0 aliphatic carbocycles. The Kier molecular flexibility index (Phi) is 4.36. The van der Waals surface area contributed by atoms with E-state index in [9.17, 15) is 4.39 Å². The molecule has 0 atom stereocenters. The molecular weight excluding hydrogens is 335 g/mol. The summed E-state index contributed by atoms with van der Waals surface area (Å²) in [7, 11) is 0. The number of benzene rings is 2. The average molecular weight is 355 g/mol. The van der Waals surface area contributed by atoms with Gasteiger partial charge in [0.15, 0.2) is 0 Å². The van der Waals surface area contributed by atoms with Crippen LogP contribution < -0.4 is 5.32 Å². The van der Waals surface area contributed by atoms with E-state index < -0.39 is 0 Å². The molecule has 0 radical (unpaired) electrons. The van der Waals surface area contributed by atoms with Crippen LogP contribution in [0.2, 0.25) is 5.02 Å². The van der Waals surface area contributed by atoms with Gasteiger partial charge in [-0.1, -0.05) is 24.6 Å². The third-order valence-corrected chi connectivity index (χ3v) is 5.18. The van der Waals surface area contributed by atoms with Gasteiger partial charge < -0.3 is 5.32 Å². The number of nitrogens with zero attached hydrogens (tertiary/aromatic N) is 1. The van der Waals surface area contributed by atoms with Crippen LogP contribution in [0.15, 0.2) is 48.0 Å². The van der Waals surface area contributed by atoms with E-state index in [2.05, 4.69) is 29.3 Å². The van der Waals surface area contributed by atoms with Crippen molar-refractivity contribution in [1.29, 1.82) is 0 Å². The number of likely N-dealkylation sites (N-methyl/N-ethyl adjacent to an activating group) is 1. The Balaban J connectivity index is 1.87. The predicted octanol–water partition coefficient (Wildman–Crippen LogP) is 5.73. The van der Waals surface area contributed by atoms with Crippen LogP contribution in [0.1, 0.15) is 24.5 Å². The monoisotopic (exact) mass is 354 g/mol. The molecule has 0 saturated carbocycles. The van der Waals surface area contributed by atoms with E-state index in [-0.39, 0.29) is 5.82 Å². The Morgan fingerprint density at radius 3 is 2.76 bits per heavy atom. The van der Waals surface area contributed by atoms with Crippen LogP contribution in [0.5, 0.6) is 0 Å². The van der Waals surface area contributed by atoms with Crippen LogP contribution in [0, 0.1) is 5.82 Å². The van der Waals surface area contributed by atoms with Crippen LogP contribution >= 0.6 is 11.6 Å². The second-order valence-electron chi connectivity index (χ2n) is 6.48. The van der Waals surface area contributed by atoms with E-state index in [1.807, 2.05) is 24.3 Å². The number of rotatable bonds is 2. The van der Waals surface area contributed by atoms with E-state index in [0.717, 1.165) is 54.1 Å². The first-order chi connectivity index (χ1) is 12.1. The molecule has 128 valence electrons. The Labute approximate surface area is 152 Å². The number of fused-ring (bicyclic) bond motifs is 2. The highest BCUT2D eigenvalue weighted by Gasteiger charge is 2.21. The third kappa shape index (κ3) is 3.22. The molecule has 2 aromatic rings. The standard InChI is InChI=1S/C21H20ClFN2/c1-2-25-9-7-14(8-10-25)18-12-15-11-16(22)3-5-20(15)24-21-6-4-17(23)13-19(18)21/h3-7,11-13,24H,2,8-10H2,1H3. The lowest BCUT2D eigenvalue weighted by molar-refractivity contribution is 0.312. The number of allylic oxidation sites excluding steroid dienone is 1. The van der Waals surface area contributed by atoms with E-state index in [4.69, 9.17) is 11.6 Å². The lowest BCUT2D eigenvalue weighted by Crippen LogP contribution is -2.28. The summed E-state index contributed by atoms with van der Waals surface area (Å²) in [6.07, 6.45) is 5.36. The van der Waals surface area contributed by atoms with Crippen molar-refractivity contribution >= 4 is 34.6 Å². The minimum atomic E-state index is -0.220. The maximum atomic E-state index is 14.0. The molecule has 0 saturated heterocycles. The van der Waals surface area contributed by atoms with Gasteiger partial charge in [-0.3, -0.25) is 4.90 Å². The Morgan fingerprint density at radius 1 is 1.16 bits per heavy atom. The molecule has 0 bridgehead atoms. The van der Waals surface area contributed by atoms with Crippen LogP contribution in [0.4, 0.5) is 15.8 Å². The zero-order chi connectivity index (χ0) is 17.4. The summed E-state index contributed by atoms with van der Waals surface area (Å²) in [5.74, 6) is -0.220. The molecule has 2 aliphatic rings. The minimum absolute atomic E-state index is 0.220. The summed E-state index contributed by atoms with van der Waals surface area (Å²) in [5, 5.41) is 4.13. The first-order valence-corrected chi connectivity index (χ1v) is 9.02. The largest absolute Gasteiger partial charge is 0.355 e. The number of hydrogen-bond acceptors (Lipinski definition) is 2. The minimum Gasteiger partial charge on any atom is -0.355 e. The highest BCUT2D eigenvalue weighted by Crippen LogP contribution is 2.40. The predicted molar refractivity (Wildman–Crippen MR) is 104 cm³/mol. The maximum Gasteiger partial charge on any atom is 0.123 e. The van der Waals surface area contributed by atoms with Gasteiger partial charge in [-0.15, -0.1) is 0 Å². The summed E-state index contributed by atoms with van der Waals surface area (Å²) in [6, 6.07) is 10.7. The van der Waals surface area contributed by atoms with Crippen LogP contribution in [0.25, 0.3) is 11.6 Å². The van der Waals surface area contributed by atoms with E-state index >= 15 is 0 Å². The summed E-state index contributed by atoms with van der Waals surface area (Å²) in [4.78, 5) is 2.40. The van der Waals surface area contributed by atoms with Crippen molar-refractivity contribution < 1.29 is 4.39 Å². The molecule has 1 N–H and O–H groups in total. The van der Waals surface area contributed by atoms with Crippen molar-refractivity contribution in [2.75, 3.05) is 25.0 Å². The number of halogens is 2. The summed E-state index contributed by atoms with van der Waals surface area (Å²) >= 11 is 6.20. The second kappa shape index (κ2) is 6.66. The van der Waals surface area contributed by atoms with Gasteiger partial charge in [0.25, 0.3) is 0 Å². The van der Waals surface area contributed by atoms with Crippen molar-refractivity contribution in [3.05, 3.63) is 70.0 Å². The normalized spacial score (nSPS) is 16.9. The molecule has 2 aliphatic heterocycles. The zero-order valence-electron chi connectivity index (χ0n) is 14.2. The van der Waals surface area contributed by atoms with Gasteiger partial charge in [0, 0.05) is 40.6 Å². The Bertz CT molecular complexity index is 885. The van der Waals surface area contributed by atoms with E-state index in [1.54, 1.807) is 6.07 Å². The van der Waals surface area contributed by atoms with E-state index in [1.165, 1.54) is 11.6 Å². The molecule has 4 rings (SSSR count). The number of nitrogens with one attached hydrogen (secondary N) is 1. The van der Waals surface area contributed by atoms with E-state index in [0.29, 0.717) is 5.02 Å². The molecule has 2 aromatic carbocycles. The fraction of sp³-hybridized carbons (Fsp3) is 0.238. The third-order valence-electron chi connectivity index (χ3n) is 4.94. The molecular formula is C21H20ClFN2. The SMILES string of the molecule is CCN1CC=C(C2=Cc3cc(Cl)ccc3Nc3ccc(F)cc32)CC1. The van der Waals surface area contributed by atoms with Gasteiger partial charge in [0.1, 0.15) is 5.82 Å². The quantitative estimate of drug-likeness (QED) is 0.741. The Hall–Kier alpha value is -2.10. The lowest BCUT2D eigenvalue weighted by atomic mass is 9.91. The topological polar surface area (TPSA) is 15.3 Å². The van der Waals surface area contributed by atoms with Crippen molar-refractivity contribution in [2.24, 2.45) is 0 Å². The maximum absolute atomic E-state index is 14.0. The van der Waals surface area contributed by atoms with Crippen LogP contribution in [0.3, 0.4) is 0 Å².